The Hall–Kier alpha value is -1.20. The molecule has 0 atom stereocenters. The first-order chi connectivity index (χ1) is 8.70. The van der Waals surface area contributed by atoms with E-state index >= 15 is 0 Å². The lowest BCUT2D eigenvalue weighted by atomic mass is 10.1. The van der Waals surface area contributed by atoms with Gasteiger partial charge in [0.15, 0.2) is 0 Å². The third kappa shape index (κ3) is 4.23. The van der Waals surface area contributed by atoms with Gasteiger partial charge in [0.1, 0.15) is 5.69 Å². The van der Waals surface area contributed by atoms with E-state index in [9.17, 15) is 10.1 Å². The summed E-state index contributed by atoms with van der Waals surface area (Å²) in [6.45, 7) is 3.80. The van der Waals surface area contributed by atoms with Crippen LogP contribution in [0.2, 0.25) is 0 Å². The number of unbranched alkanes of at least 4 members (excludes halogenated alkanes) is 1. The third-order valence-electron chi connectivity index (χ3n) is 2.67. The molecule has 1 rings (SSSR count). The van der Waals surface area contributed by atoms with Gasteiger partial charge in [0.25, 0.3) is 5.69 Å². The van der Waals surface area contributed by atoms with Crippen molar-refractivity contribution in [3.63, 3.8) is 0 Å². The van der Waals surface area contributed by atoms with Gasteiger partial charge in [-0.05, 0) is 32.0 Å². The SMILES string of the molecule is CCCCNCCc1ccnc(CCl)c1[N+](=O)[O-]. The van der Waals surface area contributed by atoms with Crippen molar-refractivity contribution in [1.82, 2.24) is 10.3 Å². The van der Waals surface area contributed by atoms with E-state index in [-0.39, 0.29) is 11.6 Å². The lowest BCUT2D eigenvalue weighted by Crippen LogP contribution is -2.19. The van der Waals surface area contributed by atoms with Gasteiger partial charge < -0.3 is 5.32 Å². The monoisotopic (exact) mass is 271 g/mol. The Morgan fingerprint density at radius 1 is 1.50 bits per heavy atom. The second kappa shape index (κ2) is 8.00. The van der Waals surface area contributed by atoms with E-state index < -0.39 is 4.92 Å². The van der Waals surface area contributed by atoms with Crippen molar-refractivity contribution in [1.29, 1.82) is 0 Å². The number of rotatable bonds is 8. The van der Waals surface area contributed by atoms with Crippen LogP contribution < -0.4 is 5.32 Å². The molecule has 100 valence electrons. The zero-order valence-corrected chi connectivity index (χ0v) is 11.2. The quantitative estimate of drug-likeness (QED) is 0.342. The molecule has 1 aromatic heterocycles. The van der Waals surface area contributed by atoms with Gasteiger partial charge in [-0.1, -0.05) is 13.3 Å². The second-order valence-electron chi connectivity index (χ2n) is 4.01. The molecule has 0 fully saturated rings. The number of aromatic nitrogens is 1. The van der Waals surface area contributed by atoms with Gasteiger partial charge in [-0.25, -0.2) is 0 Å². The lowest BCUT2D eigenvalue weighted by molar-refractivity contribution is -0.386. The summed E-state index contributed by atoms with van der Waals surface area (Å²) < 4.78 is 0. The highest BCUT2D eigenvalue weighted by Gasteiger charge is 2.19. The fourth-order valence-corrected chi connectivity index (χ4v) is 1.91. The van der Waals surface area contributed by atoms with E-state index in [0.29, 0.717) is 17.7 Å². The maximum Gasteiger partial charge on any atom is 0.295 e. The number of halogens is 1. The van der Waals surface area contributed by atoms with Crippen molar-refractivity contribution >= 4 is 17.3 Å². The Labute approximate surface area is 112 Å². The van der Waals surface area contributed by atoms with Crippen LogP contribution >= 0.6 is 11.6 Å². The van der Waals surface area contributed by atoms with Gasteiger partial charge in [-0.3, -0.25) is 15.1 Å². The van der Waals surface area contributed by atoms with E-state index in [4.69, 9.17) is 11.6 Å². The normalized spacial score (nSPS) is 10.6. The summed E-state index contributed by atoms with van der Waals surface area (Å²) in [5, 5.41) is 14.3. The predicted molar refractivity (Wildman–Crippen MR) is 71.9 cm³/mol. The fourth-order valence-electron chi connectivity index (χ4n) is 1.71. The second-order valence-corrected chi connectivity index (χ2v) is 4.28. The summed E-state index contributed by atoms with van der Waals surface area (Å²) in [7, 11) is 0. The molecular weight excluding hydrogens is 254 g/mol. The molecule has 0 aliphatic carbocycles. The van der Waals surface area contributed by atoms with Crippen LogP contribution in [0, 0.1) is 10.1 Å². The Bertz CT molecular complexity index is 399. The molecule has 0 aliphatic rings. The summed E-state index contributed by atoms with van der Waals surface area (Å²) in [6, 6.07) is 1.69. The van der Waals surface area contributed by atoms with Gasteiger partial charge in [-0.2, -0.15) is 0 Å². The molecule has 0 aliphatic heterocycles. The van der Waals surface area contributed by atoms with Crippen molar-refractivity contribution in [2.24, 2.45) is 0 Å². The van der Waals surface area contributed by atoms with Gasteiger partial charge >= 0.3 is 0 Å². The summed E-state index contributed by atoms with van der Waals surface area (Å²) >= 11 is 5.67. The van der Waals surface area contributed by atoms with Gasteiger partial charge in [0.2, 0.25) is 0 Å². The minimum absolute atomic E-state index is 0.0600. The van der Waals surface area contributed by atoms with E-state index in [1.165, 1.54) is 0 Å². The minimum atomic E-state index is -0.397. The molecule has 5 nitrogen and oxygen atoms in total. The largest absolute Gasteiger partial charge is 0.316 e. The molecule has 1 N–H and O–H groups in total. The Balaban J connectivity index is 2.67. The van der Waals surface area contributed by atoms with E-state index in [0.717, 1.165) is 25.9 Å². The summed E-state index contributed by atoms with van der Waals surface area (Å²) in [4.78, 5) is 14.6. The highest BCUT2D eigenvalue weighted by molar-refractivity contribution is 6.17. The number of hydrogen-bond acceptors (Lipinski definition) is 4. The Kier molecular flexibility index (Phi) is 6.60. The molecule has 18 heavy (non-hydrogen) atoms. The molecule has 0 spiro atoms. The molecule has 0 aromatic carbocycles. The van der Waals surface area contributed by atoms with Crippen LogP contribution in [0.25, 0.3) is 0 Å². The molecule has 0 bridgehead atoms. The van der Waals surface area contributed by atoms with Crippen molar-refractivity contribution in [3.05, 3.63) is 33.6 Å². The zero-order chi connectivity index (χ0) is 13.4. The van der Waals surface area contributed by atoms with Crippen LogP contribution in [0.3, 0.4) is 0 Å². The average Bonchev–Trinajstić information content (AvgIpc) is 2.37. The number of pyridine rings is 1. The molecule has 6 heteroatoms. The smallest absolute Gasteiger partial charge is 0.295 e. The van der Waals surface area contributed by atoms with Crippen molar-refractivity contribution < 1.29 is 4.92 Å². The number of nitrogens with zero attached hydrogens (tertiary/aromatic N) is 2. The van der Waals surface area contributed by atoms with Crippen molar-refractivity contribution in [2.45, 2.75) is 32.1 Å². The molecule has 0 radical (unpaired) electrons. The van der Waals surface area contributed by atoms with E-state index in [1.807, 2.05) is 0 Å². The van der Waals surface area contributed by atoms with E-state index in [1.54, 1.807) is 12.3 Å². The Morgan fingerprint density at radius 3 is 2.89 bits per heavy atom. The molecule has 0 amide bonds. The first-order valence-electron chi connectivity index (χ1n) is 6.08. The van der Waals surface area contributed by atoms with Crippen molar-refractivity contribution in [3.8, 4) is 0 Å². The van der Waals surface area contributed by atoms with Crippen LogP contribution in [0.4, 0.5) is 5.69 Å². The van der Waals surface area contributed by atoms with Gasteiger partial charge in [0.05, 0.1) is 10.8 Å². The van der Waals surface area contributed by atoms with Crippen LogP contribution in [0.5, 0.6) is 0 Å². The molecule has 0 saturated carbocycles. The molecular formula is C12H18ClN3O2. The van der Waals surface area contributed by atoms with E-state index in [2.05, 4.69) is 17.2 Å². The molecule has 0 unspecified atom stereocenters. The molecule has 1 heterocycles. The van der Waals surface area contributed by atoms with Crippen molar-refractivity contribution in [2.75, 3.05) is 13.1 Å². The fraction of sp³-hybridized carbons (Fsp3) is 0.583. The van der Waals surface area contributed by atoms with Crippen LogP contribution in [-0.4, -0.2) is 23.0 Å². The standard InChI is InChI=1S/C12H18ClN3O2/c1-2-3-6-14-7-4-10-5-8-15-11(9-13)12(10)16(17)18/h5,8,14H,2-4,6-7,9H2,1H3. The van der Waals surface area contributed by atoms with Crippen LogP contribution in [0.1, 0.15) is 31.0 Å². The maximum atomic E-state index is 11.0. The lowest BCUT2D eigenvalue weighted by Gasteiger charge is -2.06. The zero-order valence-electron chi connectivity index (χ0n) is 10.5. The maximum absolute atomic E-state index is 11.0. The average molecular weight is 272 g/mol. The first-order valence-corrected chi connectivity index (χ1v) is 6.62. The molecule has 1 aromatic rings. The molecule has 0 saturated heterocycles. The highest BCUT2D eigenvalue weighted by atomic mass is 35.5. The van der Waals surface area contributed by atoms with Gasteiger partial charge in [0, 0.05) is 11.8 Å². The number of nitrogens with one attached hydrogen (secondary N) is 1. The number of hydrogen-bond donors (Lipinski definition) is 1. The van der Waals surface area contributed by atoms with Gasteiger partial charge in [-0.15, -0.1) is 11.6 Å². The first kappa shape index (κ1) is 14.9. The minimum Gasteiger partial charge on any atom is -0.316 e. The summed E-state index contributed by atoms with van der Waals surface area (Å²) in [5.41, 5.74) is 1.09. The summed E-state index contributed by atoms with van der Waals surface area (Å²) in [5.74, 6) is 0.0629. The predicted octanol–water partition coefficient (Wildman–Crippen LogP) is 2.66. The number of alkyl halides is 1. The topological polar surface area (TPSA) is 68.1 Å². The highest BCUT2D eigenvalue weighted by Crippen LogP contribution is 2.23. The number of nitro groups is 1. The van der Waals surface area contributed by atoms with Crippen LogP contribution in [0.15, 0.2) is 12.3 Å². The van der Waals surface area contributed by atoms with Crippen LogP contribution in [-0.2, 0) is 12.3 Å². The summed E-state index contributed by atoms with van der Waals surface area (Å²) in [6.07, 6.45) is 4.45. The Morgan fingerprint density at radius 2 is 2.28 bits per heavy atom. The third-order valence-corrected chi connectivity index (χ3v) is 2.92.